The van der Waals surface area contributed by atoms with Gasteiger partial charge >= 0.3 is 0 Å². The van der Waals surface area contributed by atoms with E-state index in [-0.39, 0.29) is 39.1 Å². The number of piperidine rings is 1. The SMILES string of the molecule is CC1=C2N(C)C(=O)CC[C@]2(C)C2CC[C@]3(C)[C@@H](C(=O)Nc4c(Cl)cc(Cl)cc4C#N)CC[C@H]3C2C1. The molecule has 5 nitrogen and oxygen atoms in total. The number of amides is 2. The minimum absolute atomic E-state index is 0.0237. The molecule has 5 rings (SSSR count). The van der Waals surface area contributed by atoms with Crippen molar-refractivity contribution < 1.29 is 9.59 Å². The molecule has 3 fully saturated rings. The van der Waals surface area contributed by atoms with E-state index in [4.69, 9.17) is 23.2 Å². The van der Waals surface area contributed by atoms with Crippen molar-refractivity contribution >= 4 is 40.7 Å². The molecule has 0 radical (unpaired) electrons. The first-order chi connectivity index (χ1) is 16.5. The average molecular weight is 514 g/mol. The van der Waals surface area contributed by atoms with Gasteiger partial charge in [-0.3, -0.25) is 9.59 Å². The number of nitriles is 1. The summed E-state index contributed by atoms with van der Waals surface area (Å²) in [6.45, 7) is 6.88. The van der Waals surface area contributed by atoms with E-state index in [0.717, 1.165) is 38.5 Å². The summed E-state index contributed by atoms with van der Waals surface area (Å²) in [6, 6.07) is 5.20. The van der Waals surface area contributed by atoms with Crippen molar-refractivity contribution in [1.29, 1.82) is 5.26 Å². The van der Waals surface area contributed by atoms with Gasteiger partial charge in [-0.2, -0.15) is 5.26 Å². The maximum absolute atomic E-state index is 13.6. The lowest BCUT2D eigenvalue weighted by molar-refractivity contribution is -0.137. The summed E-state index contributed by atoms with van der Waals surface area (Å²) >= 11 is 12.4. The number of likely N-dealkylation sites (tertiary alicyclic amines) is 1. The van der Waals surface area contributed by atoms with Gasteiger partial charge in [0, 0.05) is 35.5 Å². The maximum atomic E-state index is 13.6. The fourth-order valence-corrected chi connectivity index (χ4v) is 9.08. The highest BCUT2D eigenvalue weighted by atomic mass is 35.5. The summed E-state index contributed by atoms with van der Waals surface area (Å²) in [7, 11) is 1.94. The molecule has 2 amide bonds. The molecule has 1 aromatic rings. The monoisotopic (exact) mass is 513 g/mol. The predicted octanol–water partition coefficient (Wildman–Crippen LogP) is 6.80. The predicted molar refractivity (Wildman–Crippen MR) is 138 cm³/mol. The molecule has 1 aliphatic heterocycles. The van der Waals surface area contributed by atoms with Crippen LogP contribution in [0.5, 0.6) is 0 Å². The van der Waals surface area contributed by atoms with E-state index in [1.807, 2.05) is 11.9 Å². The lowest BCUT2D eigenvalue weighted by atomic mass is 9.48. The second-order valence-electron chi connectivity index (χ2n) is 11.7. The number of rotatable bonds is 2. The number of carbonyl (C=O) groups is 2. The molecule has 35 heavy (non-hydrogen) atoms. The molecule has 1 N–H and O–H groups in total. The molecule has 4 aliphatic rings. The molecule has 0 aromatic heterocycles. The number of allylic oxidation sites excluding steroid dienone is 2. The Hall–Kier alpha value is -2.03. The number of anilines is 1. The number of fused-ring (bicyclic) bond motifs is 5. The number of hydrogen-bond donors (Lipinski definition) is 1. The quantitative estimate of drug-likeness (QED) is 0.472. The third-order valence-corrected chi connectivity index (χ3v) is 10.6. The van der Waals surface area contributed by atoms with Crippen molar-refractivity contribution in [3.8, 4) is 6.07 Å². The van der Waals surface area contributed by atoms with Gasteiger partial charge in [0.1, 0.15) is 6.07 Å². The van der Waals surface area contributed by atoms with Gasteiger partial charge in [-0.15, -0.1) is 0 Å². The summed E-state index contributed by atoms with van der Waals surface area (Å²) in [4.78, 5) is 28.0. The summed E-state index contributed by atoms with van der Waals surface area (Å²) in [5.74, 6) is 1.58. The van der Waals surface area contributed by atoms with E-state index in [0.29, 0.717) is 34.9 Å². The maximum Gasteiger partial charge on any atom is 0.228 e. The molecule has 1 aromatic carbocycles. The van der Waals surface area contributed by atoms with Crippen LogP contribution in [0.4, 0.5) is 5.69 Å². The van der Waals surface area contributed by atoms with E-state index < -0.39 is 0 Å². The van der Waals surface area contributed by atoms with E-state index in [2.05, 4.69) is 32.2 Å². The Morgan fingerprint density at radius 1 is 1.17 bits per heavy atom. The first-order valence-electron chi connectivity index (χ1n) is 12.7. The fraction of sp³-hybridized carbons (Fsp3) is 0.607. The van der Waals surface area contributed by atoms with Gasteiger partial charge in [-0.25, -0.2) is 0 Å². The largest absolute Gasteiger partial charge is 0.323 e. The van der Waals surface area contributed by atoms with E-state index in [9.17, 15) is 14.9 Å². The zero-order valence-corrected chi connectivity index (χ0v) is 22.4. The van der Waals surface area contributed by atoms with Crippen LogP contribution in [0.2, 0.25) is 10.0 Å². The molecule has 3 aliphatic carbocycles. The second kappa shape index (κ2) is 8.53. The van der Waals surface area contributed by atoms with Crippen molar-refractivity contribution in [3.63, 3.8) is 0 Å². The van der Waals surface area contributed by atoms with Gasteiger partial charge < -0.3 is 10.2 Å². The standard InChI is InChI=1S/C28H33Cl2N3O2/c1-15-11-18-19-5-6-21(26(35)32-24-16(14-31)12-17(29)13-22(24)30)27(19,2)9-7-20(18)28(3)10-8-23(34)33(4)25(15)28/h12-13,18-21H,5-11H2,1-4H3,(H,32,35)/t18?,19-,20?,21+,27-,28+/m0/s1. The highest BCUT2D eigenvalue weighted by Crippen LogP contribution is 2.67. The van der Waals surface area contributed by atoms with Crippen LogP contribution in [0, 0.1) is 45.8 Å². The number of carbonyl (C=O) groups excluding carboxylic acids is 2. The summed E-state index contributed by atoms with van der Waals surface area (Å²) < 4.78 is 0. The molecule has 6 atom stereocenters. The molecular formula is C28H33Cl2N3O2. The highest BCUT2D eigenvalue weighted by molar-refractivity contribution is 6.37. The van der Waals surface area contributed by atoms with Crippen LogP contribution in [0.15, 0.2) is 23.4 Å². The van der Waals surface area contributed by atoms with Crippen LogP contribution in [-0.2, 0) is 9.59 Å². The van der Waals surface area contributed by atoms with Crippen molar-refractivity contribution in [2.24, 2.45) is 34.5 Å². The molecule has 7 heteroatoms. The minimum Gasteiger partial charge on any atom is -0.323 e. The Morgan fingerprint density at radius 3 is 2.63 bits per heavy atom. The molecule has 1 heterocycles. The molecule has 2 saturated carbocycles. The zero-order chi connectivity index (χ0) is 25.3. The van der Waals surface area contributed by atoms with Gasteiger partial charge in [0.15, 0.2) is 0 Å². The van der Waals surface area contributed by atoms with Crippen molar-refractivity contribution in [2.45, 2.75) is 65.7 Å². The Morgan fingerprint density at radius 2 is 1.91 bits per heavy atom. The molecule has 2 unspecified atom stereocenters. The Bertz CT molecular complexity index is 1190. The van der Waals surface area contributed by atoms with E-state index in [1.165, 1.54) is 17.3 Å². The molecule has 1 saturated heterocycles. The molecule has 0 spiro atoms. The third kappa shape index (κ3) is 3.63. The van der Waals surface area contributed by atoms with Crippen LogP contribution in [0.1, 0.15) is 71.3 Å². The van der Waals surface area contributed by atoms with Crippen molar-refractivity contribution in [2.75, 3.05) is 12.4 Å². The lowest BCUT2D eigenvalue weighted by Crippen LogP contribution is -2.54. The number of nitrogens with one attached hydrogen (secondary N) is 1. The minimum atomic E-state index is -0.124. The summed E-state index contributed by atoms with van der Waals surface area (Å²) in [5, 5.41) is 13.2. The first-order valence-corrected chi connectivity index (χ1v) is 13.4. The van der Waals surface area contributed by atoms with E-state index in [1.54, 1.807) is 6.07 Å². The first kappa shape index (κ1) is 24.7. The smallest absolute Gasteiger partial charge is 0.228 e. The molecule has 0 bridgehead atoms. The average Bonchev–Trinajstić information content (AvgIpc) is 3.15. The fourth-order valence-electron chi connectivity index (χ4n) is 8.54. The number of halogens is 2. The number of hydrogen-bond acceptors (Lipinski definition) is 3. The highest BCUT2D eigenvalue weighted by Gasteiger charge is 2.61. The van der Waals surface area contributed by atoms with Gasteiger partial charge in [0.25, 0.3) is 0 Å². The lowest BCUT2D eigenvalue weighted by Gasteiger charge is -2.59. The Kier molecular flexibility index (Phi) is 6.01. The van der Waals surface area contributed by atoms with Gasteiger partial charge in [-0.05, 0) is 80.8 Å². The van der Waals surface area contributed by atoms with Crippen LogP contribution >= 0.6 is 23.2 Å². The van der Waals surface area contributed by atoms with Gasteiger partial charge in [0.2, 0.25) is 11.8 Å². The zero-order valence-electron chi connectivity index (χ0n) is 20.9. The van der Waals surface area contributed by atoms with Crippen molar-refractivity contribution in [1.82, 2.24) is 4.90 Å². The van der Waals surface area contributed by atoms with Crippen LogP contribution in [-0.4, -0.2) is 23.8 Å². The normalized spacial score (nSPS) is 36.3. The van der Waals surface area contributed by atoms with Gasteiger partial charge in [-0.1, -0.05) is 42.6 Å². The second-order valence-corrected chi connectivity index (χ2v) is 12.5. The van der Waals surface area contributed by atoms with Crippen LogP contribution in [0.25, 0.3) is 0 Å². The van der Waals surface area contributed by atoms with Gasteiger partial charge in [0.05, 0.1) is 16.3 Å². The van der Waals surface area contributed by atoms with Crippen LogP contribution in [0.3, 0.4) is 0 Å². The van der Waals surface area contributed by atoms with Crippen LogP contribution < -0.4 is 5.32 Å². The van der Waals surface area contributed by atoms with E-state index >= 15 is 0 Å². The Balaban J connectivity index is 1.43. The summed E-state index contributed by atoms with van der Waals surface area (Å²) in [5.41, 5.74) is 3.16. The topological polar surface area (TPSA) is 73.2 Å². The Labute approximate surface area is 217 Å². The summed E-state index contributed by atoms with van der Waals surface area (Å²) in [6.07, 6.45) is 6.48. The number of benzene rings is 1. The number of nitrogens with zero attached hydrogens (tertiary/aromatic N) is 2. The third-order valence-electron chi connectivity index (χ3n) is 10.1. The van der Waals surface area contributed by atoms with Crippen molar-refractivity contribution in [3.05, 3.63) is 39.0 Å². The molecular weight excluding hydrogens is 481 g/mol. The molecule has 186 valence electrons.